The Kier molecular flexibility index (Phi) is 2.70. The van der Waals surface area contributed by atoms with Crippen molar-refractivity contribution in [3.8, 4) is 0 Å². The van der Waals surface area contributed by atoms with E-state index in [-0.39, 0.29) is 0 Å². The van der Waals surface area contributed by atoms with Crippen LogP contribution in [0, 0.1) is 11.8 Å². The van der Waals surface area contributed by atoms with Gasteiger partial charge in [-0.3, -0.25) is 0 Å². The van der Waals surface area contributed by atoms with E-state index in [2.05, 4.69) is 36.0 Å². The highest BCUT2D eigenvalue weighted by Gasteiger charge is 2.39. The van der Waals surface area contributed by atoms with Crippen LogP contribution in [0.3, 0.4) is 0 Å². The van der Waals surface area contributed by atoms with Crippen LogP contribution in [-0.2, 0) is 0 Å². The van der Waals surface area contributed by atoms with Crippen LogP contribution >= 0.6 is 11.3 Å². The van der Waals surface area contributed by atoms with Crippen LogP contribution in [0.1, 0.15) is 31.9 Å². The maximum absolute atomic E-state index is 3.58. The maximum atomic E-state index is 3.58. The minimum atomic E-state index is 0.617. The normalized spacial score (nSPS) is 28.8. The lowest BCUT2D eigenvalue weighted by molar-refractivity contribution is 0.477. The molecule has 1 aliphatic carbocycles. The molecule has 1 N–H and O–H groups in total. The maximum Gasteiger partial charge on any atom is 0.0359 e. The third kappa shape index (κ3) is 1.94. The summed E-state index contributed by atoms with van der Waals surface area (Å²) in [7, 11) is 0. The van der Waals surface area contributed by atoms with E-state index in [4.69, 9.17) is 0 Å². The number of hydrogen-bond acceptors (Lipinski definition) is 2. The summed E-state index contributed by atoms with van der Waals surface area (Å²) < 4.78 is 0. The SMILES string of the molecule is CCNC(c1ccsc1)C1CC1C. The van der Waals surface area contributed by atoms with E-state index in [1.807, 2.05) is 0 Å². The van der Waals surface area contributed by atoms with Crippen LogP contribution in [0.25, 0.3) is 0 Å². The van der Waals surface area contributed by atoms with Gasteiger partial charge in [0.15, 0.2) is 0 Å². The third-order valence-electron chi connectivity index (χ3n) is 2.93. The van der Waals surface area contributed by atoms with Crippen molar-refractivity contribution in [2.45, 2.75) is 26.3 Å². The highest BCUT2D eigenvalue weighted by Crippen LogP contribution is 2.47. The van der Waals surface area contributed by atoms with Crippen molar-refractivity contribution in [1.29, 1.82) is 0 Å². The summed E-state index contributed by atoms with van der Waals surface area (Å²) in [5.41, 5.74) is 1.49. The molecular formula is C11H17NS. The Morgan fingerprint density at radius 3 is 2.92 bits per heavy atom. The molecule has 2 rings (SSSR count). The summed E-state index contributed by atoms with van der Waals surface area (Å²) in [4.78, 5) is 0. The van der Waals surface area contributed by atoms with Crippen LogP contribution in [0.2, 0.25) is 0 Å². The summed E-state index contributed by atoms with van der Waals surface area (Å²) in [6, 6.07) is 2.87. The molecule has 72 valence electrons. The summed E-state index contributed by atoms with van der Waals surface area (Å²) in [5.74, 6) is 1.80. The van der Waals surface area contributed by atoms with E-state index >= 15 is 0 Å². The summed E-state index contributed by atoms with van der Waals surface area (Å²) >= 11 is 1.80. The molecule has 0 bridgehead atoms. The summed E-state index contributed by atoms with van der Waals surface area (Å²) in [6.45, 7) is 5.61. The minimum Gasteiger partial charge on any atom is -0.310 e. The van der Waals surface area contributed by atoms with Gasteiger partial charge in [0, 0.05) is 6.04 Å². The average Bonchev–Trinajstić information content (AvgIpc) is 2.69. The fourth-order valence-electron chi connectivity index (χ4n) is 2.00. The lowest BCUT2D eigenvalue weighted by Crippen LogP contribution is -2.22. The highest BCUT2D eigenvalue weighted by molar-refractivity contribution is 7.07. The molecule has 1 heterocycles. The van der Waals surface area contributed by atoms with E-state index in [0.717, 1.165) is 18.4 Å². The van der Waals surface area contributed by atoms with Gasteiger partial charge in [0.05, 0.1) is 0 Å². The first kappa shape index (κ1) is 9.22. The van der Waals surface area contributed by atoms with E-state index < -0.39 is 0 Å². The largest absolute Gasteiger partial charge is 0.310 e. The van der Waals surface area contributed by atoms with E-state index in [9.17, 15) is 0 Å². The lowest BCUT2D eigenvalue weighted by Gasteiger charge is -2.16. The lowest BCUT2D eigenvalue weighted by atomic mass is 10.0. The molecule has 1 nitrogen and oxygen atoms in total. The van der Waals surface area contributed by atoms with Gasteiger partial charge in [-0.15, -0.1) is 0 Å². The van der Waals surface area contributed by atoms with Gasteiger partial charge in [0.25, 0.3) is 0 Å². The van der Waals surface area contributed by atoms with Gasteiger partial charge >= 0.3 is 0 Å². The zero-order valence-corrected chi connectivity index (χ0v) is 9.10. The van der Waals surface area contributed by atoms with Crippen molar-refractivity contribution in [2.24, 2.45) is 11.8 Å². The fourth-order valence-corrected chi connectivity index (χ4v) is 2.70. The van der Waals surface area contributed by atoms with Gasteiger partial charge in [0.2, 0.25) is 0 Å². The minimum absolute atomic E-state index is 0.617. The van der Waals surface area contributed by atoms with Gasteiger partial charge in [-0.05, 0) is 47.2 Å². The van der Waals surface area contributed by atoms with Gasteiger partial charge < -0.3 is 5.32 Å². The van der Waals surface area contributed by atoms with Gasteiger partial charge in [-0.2, -0.15) is 11.3 Å². The molecule has 1 fully saturated rings. The Balaban J connectivity index is 2.06. The van der Waals surface area contributed by atoms with Crippen molar-refractivity contribution < 1.29 is 0 Å². The molecule has 0 aromatic carbocycles. The molecule has 0 amide bonds. The van der Waals surface area contributed by atoms with Crippen molar-refractivity contribution in [1.82, 2.24) is 5.32 Å². The second-order valence-electron chi connectivity index (χ2n) is 3.97. The van der Waals surface area contributed by atoms with Crippen molar-refractivity contribution >= 4 is 11.3 Å². The zero-order valence-electron chi connectivity index (χ0n) is 8.29. The number of thiophene rings is 1. The number of rotatable bonds is 4. The Morgan fingerprint density at radius 2 is 2.46 bits per heavy atom. The first-order valence-corrected chi connectivity index (χ1v) is 6.02. The van der Waals surface area contributed by atoms with Gasteiger partial charge in [0.1, 0.15) is 0 Å². The number of nitrogens with one attached hydrogen (secondary N) is 1. The van der Waals surface area contributed by atoms with Crippen molar-refractivity contribution in [2.75, 3.05) is 6.54 Å². The predicted molar refractivity (Wildman–Crippen MR) is 58.0 cm³/mol. The van der Waals surface area contributed by atoms with Crippen LogP contribution in [0.4, 0.5) is 0 Å². The monoisotopic (exact) mass is 195 g/mol. The Morgan fingerprint density at radius 1 is 1.69 bits per heavy atom. The second kappa shape index (κ2) is 3.81. The molecule has 2 heteroatoms. The molecule has 13 heavy (non-hydrogen) atoms. The topological polar surface area (TPSA) is 12.0 Å². The molecule has 1 saturated carbocycles. The molecule has 1 aromatic rings. The van der Waals surface area contributed by atoms with E-state index in [1.54, 1.807) is 11.3 Å². The Labute approximate surface area is 84.2 Å². The molecule has 0 saturated heterocycles. The summed E-state index contributed by atoms with van der Waals surface area (Å²) in [5, 5.41) is 8.03. The third-order valence-corrected chi connectivity index (χ3v) is 3.63. The first-order chi connectivity index (χ1) is 6.33. The fraction of sp³-hybridized carbons (Fsp3) is 0.636. The van der Waals surface area contributed by atoms with Gasteiger partial charge in [-0.1, -0.05) is 13.8 Å². The highest BCUT2D eigenvalue weighted by atomic mass is 32.1. The van der Waals surface area contributed by atoms with Crippen LogP contribution in [0.5, 0.6) is 0 Å². The quantitative estimate of drug-likeness (QED) is 0.778. The number of hydrogen-bond donors (Lipinski definition) is 1. The van der Waals surface area contributed by atoms with E-state index in [1.165, 1.54) is 12.0 Å². The van der Waals surface area contributed by atoms with Crippen LogP contribution < -0.4 is 5.32 Å². The molecular weight excluding hydrogens is 178 g/mol. The summed E-state index contributed by atoms with van der Waals surface area (Å²) in [6.07, 6.45) is 1.40. The Bertz CT molecular complexity index is 255. The van der Waals surface area contributed by atoms with Crippen molar-refractivity contribution in [3.05, 3.63) is 22.4 Å². The van der Waals surface area contributed by atoms with E-state index in [0.29, 0.717) is 6.04 Å². The predicted octanol–water partition coefficient (Wildman–Crippen LogP) is 3.05. The molecule has 0 aliphatic heterocycles. The average molecular weight is 195 g/mol. The molecule has 1 aromatic heterocycles. The Hall–Kier alpha value is -0.340. The van der Waals surface area contributed by atoms with Crippen molar-refractivity contribution in [3.63, 3.8) is 0 Å². The van der Waals surface area contributed by atoms with Crippen LogP contribution in [-0.4, -0.2) is 6.54 Å². The first-order valence-electron chi connectivity index (χ1n) is 5.08. The molecule has 3 atom stereocenters. The molecule has 0 radical (unpaired) electrons. The standard InChI is InChI=1S/C11H17NS/c1-3-12-11(10-6-8(10)2)9-4-5-13-7-9/h4-5,7-8,10-12H,3,6H2,1-2H3. The second-order valence-corrected chi connectivity index (χ2v) is 4.75. The smallest absolute Gasteiger partial charge is 0.0359 e. The zero-order chi connectivity index (χ0) is 9.26. The molecule has 3 unspecified atom stereocenters. The molecule has 0 spiro atoms. The van der Waals surface area contributed by atoms with Crippen LogP contribution in [0.15, 0.2) is 16.8 Å². The molecule has 1 aliphatic rings. The van der Waals surface area contributed by atoms with Gasteiger partial charge in [-0.25, -0.2) is 0 Å².